The third kappa shape index (κ3) is 2.30. The van der Waals surface area contributed by atoms with Crippen molar-refractivity contribution in [2.75, 3.05) is 0 Å². The first-order valence-corrected chi connectivity index (χ1v) is 4.08. The lowest BCUT2D eigenvalue weighted by atomic mass is 10.2. The largest absolute Gasteiger partial charge is 0.480 e. The maximum absolute atomic E-state index is 10.5. The number of pyridine rings is 1. The summed E-state index contributed by atoms with van der Waals surface area (Å²) in [6, 6.07) is 1.67. The number of aliphatic carboxylic acids is 1. The van der Waals surface area contributed by atoms with Crippen LogP contribution in [-0.2, 0) is 4.79 Å². The highest BCUT2D eigenvalue weighted by molar-refractivity contribution is 6.32. The molecule has 13 heavy (non-hydrogen) atoms. The van der Waals surface area contributed by atoms with Crippen molar-refractivity contribution in [1.29, 1.82) is 0 Å². The summed E-state index contributed by atoms with van der Waals surface area (Å²) in [6.45, 7) is 0. The fourth-order valence-corrected chi connectivity index (χ4v) is 1.14. The minimum Gasteiger partial charge on any atom is -0.480 e. The molecule has 70 valence electrons. The fourth-order valence-electron chi connectivity index (χ4n) is 0.768. The molecule has 0 fully saturated rings. The maximum atomic E-state index is 10.5. The molecule has 4 nitrogen and oxygen atoms in total. The molecular weight excluding hydrogens is 215 g/mol. The van der Waals surface area contributed by atoms with Crippen LogP contribution in [0.4, 0.5) is 0 Å². The Labute approximate surface area is 84.3 Å². The molecule has 0 aliphatic carbocycles. The Balaban J connectivity index is 3.12. The fraction of sp³-hybridized carbons (Fsp3) is 0.143. The second-order valence-electron chi connectivity index (χ2n) is 2.32. The Morgan fingerprint density at radius 2 is 2.15 bits per heavy atom. The number of carbonyl (C=O) groups is 1. The number of carboxylic acid groups (broad SMARTS) is 1. The monoisotopic (exact) mass is 220 g/mol. The topological polar surface area (TPSA) is 76.2 Å². The van der Waals surface area contributed by atoms with Gasteiger partial charge in [-0.25, -0.2) is 4.98 Å². The normalized spacial score (nSPS) is 12.5. The molecule has 1 heterocycles. The number of hydrogen-bond donors (Lipinski definition) is 2. The van der Waals surface area contributed by atoms with Crippen molar-refractivity contribution in [3.8, 4) is 0 Å². The molecule has 0 radical (unpaired) electrons. The minimum atomic E-state index is -1.24. The molecule has 1 atom stereocenters. The summed E-state index contributed by atoms with van der Waals surface area (Å²) in [6.07, 6.45) is 0. The molecule has 0 amide bonds. The summed E-state index contributed by atoms with van der Waals surface area (Å²) in [7, 11) is 0. The quantitative estimate of drug-likeness (QED) is 0.741. The van der Waals surface area contributed by atoms with Gasteiger partial charge in [0, 0.05) is 0 Å². The maximum Gasteiger partial charge on any atom is 0.326 e. The number of nitrogens with zero attached hydrogens (tertiary/aromatic N) is 1. The molecule has 0 spiro atoms. The van der Waals surface area contributed by atoms with Crippen LogP contribution < -0.4 is 5.73 Å². The smallest absolute Gasteiger partial charge is 0.326 e. The first kappa shape index (κ1) is 10.2. The van der Waals surface area contributed by atoms with Crippen molar-refractivity contribution in [3.05, 3.63) is 28.0 Å². The number of halogens is 2. The van der Waals surface area contributed by atoms with Crippen LogP contribution in [-0.4, -0.2) is 16.1 Å². The molecule has 3 N–H and O–H groups in total. The Morgan fingerprint density at radius 1 is 1.54 bits per heavy atom. The van der Waals surface area contributed by atoms with E-state index in [9.17, 15) is 4.79 Å². The third-order valence-corrected chi connectivity index (χ3v) is 1.93. The molecule has 0 aliphatic rings. The molecule has 1 aromatic heterocycles. The van der Waals surface area contributed by atoms with Crippen LogP contribution in [0.3, 0.4) is 0 Å². The van der Waals surface area contributed by atoms with Gasteiger partial charge in [-0.05, 0) is 12.1 Å². The zero-order valence-corrected chi connectivity index (χ0v) is 7.88. The molecule has 0 unspecified atom stereocenters. The number of hydrogen-bond acceptors (Lipinski definition) is 3. The zero-order chi connectivity index (χ0) is 10.0. The van der Waals surface area contributed by atoms with Gasteiger partial charge in [0.15, 0.2) is 0 Å². The lowest BCUT2D eigenvalue weighted by Crippen LogP contribution is -2.22. The Hall–Kier alpha value is -0.840. The van der Waals surface area contributed by atoms with Crippen LogP contribution in [0.15, 0.2) is 12.1 Å². The van der Waals surface area contributed by atoms with Gasteiger partial charge in [0.05, 0.1) is 10.7 Å². The van der Waals surface area contributed by atoms with Crippen molar-refractivity contribution < 1.29 is 9.90 Å². The Morgan fingerprint density at radius 3 is 2.69 bits per heavy atom. The van der Waals surface area contributed by atoms with Gasteiger partial charge >= 0.3 is 5.97 Å². The van der Waals surface area contributed by atoms with Crippen LogP contribution in [0.2, 0.25) is 10.2 Å². The highest BCUT2D eigenvalue weighted by atomic mass is 35.5. The summed E-state index contributed by atoms with van der Waals surface area (Å²) < 4.78 is 0. The molecule has 0 saturated heterocycles. The van der Waals surface area contributed by atoms with Gasteiger partial charge in [0.2, 0.25) is 0 Å². The van der Waals surface area contributed by atoms with E-state index in [2.05, 4.69) is 4.98 Å². The van der Waals surface area contributed by atoms with Gasteiger partial charge in [-0.3, -0.25) is 4.79 Å². The molecule has 1 aromatic rings. The van der Waals surface area contributed by atoms with E-state index in [1.807, 2.05) is 0 Å². The minimum absolute atomic E-state index is 0.0710. The second kappa shape index (κ2) is 3.91. The number of carboxylic acids is 1. The van der Waals surface area contributed by atoms with Crippen molar-refractivity contribution in [1.82, 2.24) is 4.98 Å². The first-order valence-electron chi connectivity index (χ1n) is 3.32. The SMILES string of the molecule is N[C@H](C(=O)O)c1nc(Cl)ccc1Cl. The first-order chi connectivity index (χ1) is 6.02. The van der Waals surface area contributed by atoms with Crippen LogP contribution in [0, 0.1) is 0 Å². The number of nitrogens with two attached hydrogens (primary N) is 1. The van der Waals surface area contributed by atoms with Crippen molar-refractivity contribution in [2.45, 2.75) is 6.04 Å². The van der Waals surface area contributed by atoms with E-state index in [1.165, 1.54) is 12.1 Å². The summed E-state index contributed by atoms with van der Waals surface area (Å²) in [5.74, 6) is -1.20. The van der Waals surface area contributed by atoms with Crippen LogP contribution in [0.5, 0.6) is 0 Å². The number of aromatic nitrogens is 1. The predicted octanol–water partition coefficient (Wildman–Crippen LogP) is 1.47. The highest BCUT2D eigenvalue weighted by Crippen LogP contribution is 2.21. The van der Waals surface area contributed by atoms with Gasteiger partial charge in [-0.2, -0.15) is 0 Å². The van der Waals surface area contributed by atoms with Gasteiger partial charge in [-0.1, -0.05) is 23.2 Å². The van der Waals surface area contributed by atoms with Crippen LogP contribution >= 0.6 is 23.2 Å². The summed E-state index contributed by atoms with van der Waals surface area (Å²) in [4.78, 5) is 14.2. The molecule has 1 rings (SSSR count). The van der Waals surface area contributed by atoms with E-state index in [0.29, 0.717) is 0 Å². The molecule has 0 aromatic carbocycles. The average molecular weight is 221 g/mol. The van der Waals surface area contributed by atoms with E-state index < -0.39 is 12.0 Å². The molecular formula is C7H6Cl2N2O2. The van der Waals surface area contributed by atoms with Crippen molar-refractivity contribution in [2.24, 2.45) is 5.73 Å². The molecule has 0 bridgehead atoms. The van der Waals surface area contributed by atoms with Gasteiger partial charge in [-0.15, -0.1) is 0 Å². The van der Waals surface area contributed by atoms with Crippen molar-refractivity contribution in [3.63, 3.8) is 0 Å². The predicted molar refractivity (Wildman–Crippen MR) is 48.8 cm³/mol. The zero-order valence-electron chi connectivity index (χ0n) is 6.37. The van der Waals surface area contributed by atoms with E-state index in [0.717, 1.165) is 0 Å². The Bertz CT molecular complexity index is 343. The molecule has 0 saturated carbocycles. The van der Waals surface area contributed by atoms with Gasteiger partial charge in [0.25, 0.3) is 0 Å². The van der Waals surface area contributed by atoms with Crippen LogP contribution in [0.25, 0.3) is 0 Å². The van der Waals surface area contributed by atoms with E-state index in [4.69, 9.17) is 34.0 Å². The molecule has 6 heteroatoms. The standard InChI is InChI=1S/C7H6Cl2N2O2/c8-3-1-2-4(9)11-6(3)5(10)7(12)13/h1-2,5H,10H2,(H,12,13)/t5-/m0/s1. The molecule has 0 aliphatic heterocycles. The lowest BCUT2D eigenvalue weighted by Gasteiger charge is -2.07. The third-order valence-electron chi connectivity index (χ3n) is 1.40. The average Bonchev–Trinajstić information content (AvgIpc) is 2.08. The lowest BCUT2D eigenvalue weighted by molar-refractivity contribution is -0.138. The highest BCUT2D eigenvalue weighted by Gasteiger charge is 2.19. The summed E-state index contributed by atoms with van der Waals surface area (Å²) >= 11 is 11.2. The Kier molecular flexibility index (Phi) is 3.08. The van der Waals surface area contributed by atoms with E-state index in [-0.39, 0.29) is 15.9 Å². The van der Waals surface area contributed by atoms with Gasteiger partial charge in [0.1, 0.15) is 11.2 Å². The summed E-state index contributed by atoms with van der Waals surface area (Å²) in [5.41, 5.74) is 5.37. The van der Waals surface area contributed by atoms with Crippen LogP contribution in [0.1, 0.15) is 11.7 Å². The van der Waals surface area contributed by atoms with E-state index >= 15 is 0 Å². The number of rotatable bonds is 2. The van der Waals surface area contributed by atoms with E-state index in [1.54, 1.807) is 0 Å². The van der Waals surface area contributed by atoms with Gasteiger partial charge < -0.3 is 10.8 Å². The summed E-state index contributed by atoms with van der Waals surface area (Å²) in [5, 5.41) is 8.94. The second-order valence-corrected chi connectivity index (χ2v) is 3.11. The van der Waals surface area contributed by atoms with Crippen molar-refractivity contribution >= 4 is 29.2 Å².